The number of amides is 1. The standard InChI is InChI=1S/C47H91NO8/c1-3-5-7-9-11-13-15-17-19-20-21-23-25-27-29-31-33-35-37-43(51)48-40(39-55-47-46(54)45(53)44(52)42(38-49)56-47)41(50)36-34-32-30-28-26-24-22-18-16-14-12-10-8-6-4-2/h21,23,40-42,44-47,49-50,52-54H,3-20,22,24-39H2,1-2H3,(H,48,51)/b23-21-. The van der Waals surface area contributed by atoms with Gasteiger partial charge in [-0.25, -0.2) is 0 Å². The van der Waals surface area contributed by atoms with Crippen molar-refractivity contribution in [1.29, 1.82) is 0 Å². The lowest BCUT2D eigenvalue weighted by molar-refractivity contribution is -0.302. The molecule has 1 rings (SSSR count). The smallest absolute Gasteiger partial charge is 0.220 e. The molecule has 0 spiro atoms. The summed E-state index contributed by atoms with van der Waals surface area (Å²) in [6.45, 7) is 3.84. The van der Waals surface area contributed by atoms with E-state index in [2.05, 4.69) is 31.3 Å². The Labute approximate surface area is 344 Å². The Morgan fingerprint density at radius 1 is 0.589 bits per heavy atom. The van der Waals surface area contributed by atoms with Gasteiger partial charge in [-0.2, -0.15) is 0 Å². The third kappa shape index (κ3) is 28.4. The predicted molar refractivity (Wildman–Crippen MR) is 231 cm³/mol. The lowest BCUT2D eigenvalue weighted by atomic mass is 9.99. The minimum absolute atomic E-state index is 0.138. The van der Waals surface area contributed by atoms with Gasteiger partial charge in [-0.3, -0.25) is 4.79 Å². The van der Waals surface area contributed by atoms with Crippen LogP contribution in [0.15, 0.2) is 12.2 Å². The van der Waals surface area contributed by atoms with Gasteiger partial charge < -0.3 is 40.3 Å². The molecule has 1 heterocycles. The summed E-state index contributed by atoms with van der Waals surface area (Å²) in [7, 11) is 0. The first-order chi connectivity index (χ1) is 27.3. The van der Waals surface area contributed by atoms with Crippen LogP contribution in [0.2, 0.25) is 0 Å². The molecule has 7 unspecified atom stereocenters. The van der Waals surface area contributed by atoms with E-state index in [-0.39, 0.29) is 12.5 Å². The highest BCUT2D eigenvalue weighted by Gasteiger charge is 2.44. The van der Waals surface area contributed by atoms with E-state index in [1.807, 2.05) is 0 Å². The normalized spacial score (nSPS) is 21.2. The first-order valence-corrected chi connectivity index (χ1v) is 23.9. The summed E-state index contributed by atoms with van der Waals surface area (Å²) < 4.78 is 11.3. The molecular weight excluding hydrogens is 707 g/mol. The van der Waals surface area contributed by atoms with Crippen LogP contribution in [0, 0.1) is 0 Å². The molecule has 0 radical (unpaired) electrons. The second-order valence-electron chi connectivity index (χ2n) is 16.9. The molecule has 0 aromatic carbocycles. The third-order valence-corrected chi connectivity index (χ3v) is 11.6. The number of aliphatic hydroxyl groups excluding tert-OH is 5. The Kier molecular flexibility index (Phi) is 36.1. The largest absolute Gasteiger partial charge is 0.394 e. The van der Waals surface area contributed by atoms with Gasteiger partial charge >= 0.3 is 0 Å². The van der Waals surface area contributed by atoms with E-state index in [0.717, 1.165) is 51.4 Å². The highest BCUT2D eigenvalue weighted by molar-refractivity contribution is 5.76. The van der Waals surface area contributed by atoms with Crippen LogP contribution in [0.4, 0.5) is 0 Å². The van der Waals surface area contributed by atoms with Crippen LogP contribution in [0.25, 0.3) is 0 Å². The first kappa shape index (κ1) is 52.9. The fraction of sp³-hybridized carbons (Fsp3) is 0.936. The maximum absolute atomic E-state index is 13.0. The predicted octanol–water partition coefficient (Wildman–Crippen LogP) is 10.1. The average Bonchev–Trinajstić information content (AvgIpc) is 3.20. The number of carbonyl (C=O) groups excluding carboxylic acids is 1. The van der Waals surface area contributed by atoms with Gasteiger partial charge in [0.05, 0.1) is 25.4 Å². The molecule has 0 bridgehead atoms. The Bertz CT molecular complexity index is 888. The molecule has 0 aromatic heterocycles. The molecule has 6 N–H and O–H groups in total. The Morgan fingerprint density at radius 2 is 1.00 bits per heavy atom. The molecule has 9 nitrogen and oxygen atoms in total. The van der Waals surface area contributed by atoms with Crippen molar-refractivity contribution in [2.24, 2.45) is 0 Å². The van der Waals surface area contributed by atoms with Crippen molar-refractivity contribution in [2.75, 3.05) is 13.2 Å². The summed E-state index contributed by atoms with van der Waals surface area (Å²) in [5, 5.41) is 54.4. The number of aliphatic hydroxyl groups is 5. The Balaban J connectivity index is 2.31. The molecule has 7 atom stereocenters. The van der Waals surface area contributed by atoms with Gasteiger partial charge in [0.1, 0.15) is 24.4 Å². The molecule has 1 fully saturated rings. The molecule has 9 heteroatoms. The highest BCUT2D eigenvalue weighted by atomic mass is 16.7. The number of nitrogens with one attached hydrogen (secondary N) is 1. The number of hydrogen-bond acceptors (Lipinski definition) is 8. The summed E-state index contributed by atoms with van der Waals surface area (Å²) in [4.78, 5) is 13.0. The number of carbonyl (C=O) groups is 1. The van der Waals surface area contributed by atoms with Crippen molar-refractivity contribution in [3.8, 4) is 0 Å². The van der Waals surface area contributed by atoms with Gasteiger partial charge in [-0.1, -0.05) is 193 Å². The van der Waals surface area contributed by atoms with Crippen molar-refractivity contribution in [2.45, 2.75) is 269 Å². The van der Waals surface area contributed by atoms with Gasteiger partial charge in [0.2, 0.25) is 5.91 Å². The van der Waals surface area contributed by atoms with Crippen molar-refractivity contribution in [3.05, 3.63) is 12.2 Å². The van der Waals surface area contributed by atoms with E-state index >= 15 is 0 Å². The summed E-state index contributed by atoms with van der Waals surface area (Å²) in [5.74, 6) is -0.151. The summed E-state index contributed by atoms with van der Waals surface area (Å²) in [6, 6.07) is -0.719. The molecule has 0 saturated carbocycles. The minimum Gasteiger partial charge on any atom is -0.394 e. The fourth-order valence-corrected chi connectivity index (χ4v) is 7.74. The Hall–Kier alpha value is -1.07. The Morgan fingerprint density at radius 3 is 1.45 bits per heavy atom. The monoisotopic (exact) mass is 798 g/mol. The quantitative estimate of drug-likeness (QED) is 0.0265. The zero-order valence-electron chi connectivity index (χ0n) is 36.4. The van der Waals surface area contributed by atoms with Gasteiger partial charge in [-0.05, 0) is 38.5 Å². The molecule has 0 aliphatic carbocycles. The van der Waals surface area contributed by atoms with Gasteiger partial charge in [-0.15, -0.1) is 0 Å². The first-order valence-electron chi connectivity index (χ1n) is 23.9. The molecule has 1 amide bonds. The van der Waals surface area contributed by atoms with Crippen LogP contribution in [0.5, 0.6) is 0 Å². The van der Waals surface area contributed by atoms with Crippen molar-refractivity contribution in [1.82, 2.24) is 5.32 Å². The summed E-state index contributed by atoms with van der Waals surface area (Å²) in [6.07, 6.45) is 36.4. The zero-order valence-corrected chi connectivity index (χ0v) is 36.4. The van der Waals surface area contributed by atoms with E-state index < -0.39 is 49.5 Å². The lowest BCUT2D eigenvalue weighted by Crippen LogP contribution is -2.60. The third-order valence-electron chi connectivity index (χ3n) is 11.6. The van der Waals surface area contributed by atoms with Crippen LogP contribution in [0.1, 0.15) is 226 Å². The summed E-state index contributed by atoms with van der Waals surface area (Å²) in [5.41, 5.74) is 0. The fourth-order valence-electron chi connectivity index (χ4n) is 7.74. The number of unbranched alkanes of at least 4 members (excludes halogenated alkanes) is 28. The molecule has 0 aromatic rings. The second kappa shape index (κ2) is 38.2. The highest BCUT2D eigenvalue weighted by Crippen LogP contribution is 2.23. The van der Waals surface area contributed by atoms with E-state index in [0.29, 0.717) is 12.8 Å². The number of rotatable bonds is 40. The molecule has 1 aliphatic rings. The zero-order chi connectivity index (χ0) is 40.9. The van der Waals surface area contributed by atoms with Crippen LogP contribution in [-0.2, 0) is 14.3 Å². The van der Waals surface area contributed by atoms with Crippen LogP contribution in [0.3, 0.4) is 0 Å². The molecule has 1 aliphatic heterocycles. The lowest BCUT2D eigenvalue weighted by Gasteiger charge is -2.40. The minimum atomic E-state index is -1.55. The van der Waals surface area contributed by atoms with Crippen molar-refractivity contribution in [3.63, 3.8) is 0 Å². The van der Waals surface area contributed by atoms with E-state index in [9.17, 15) is 30.3 Å². The molecular formula is C47H91NO8. The SMILES string of the molecule is CCCCCCCCCCC/C=C\CCCCCCCC(=O)NC(COC1OC(CO)C(O)C(O)C1O)C(O)CCCCCCCCCCCCCCCCC. The maximum atomic E-state index is 13.0. The van der Waals surface area contributed by atoms with E-state index in [1.165, 1.54) is 148 Å². The number of hydrogen-bond donors (Lipinski definition) is 6. The molecule has 332 valence electrons. The topological polar surface area (TPSA) is 149 Å². The maximum Gasteiger partial charge on any atom is 0.220 e. The summed E-state index contributed by atoms with van der Waals surface area (Å²) >= 11 is 0. The van der Waals surface area contributed by atoms with Gasteiger partial charge in [0.25, 0.3) is 0 Å². The molecule has 56 heavy (non-hydrogen) atoms. The molecule has 1 saturated heterocycles. The number of ether oxygens (including phenoxy) is 2. The van der Waals surface area contributed by atoms with Gasteiger partial charge in [0, 0.05) is 6.42 Å². The average molecular weight is 798 g/mol. The van der Waals surface area contributed by atoms with E-state index in [4.69, 9.17) is 9.47 Å². The van der Waals surface area contributed by atoms with Crippen LogP contribution < -0.4 is 5.32 Å². The van der Waals surface area contributed by atoms with Crippen molar-refractivity contribution >= 4 is 5.91 Å². The van der Waals surface area contributed by atoms with Gasteiger partial charge in [0.15, 0.2) is 6.29 Å². The van der Waals surface area contributed by atoms with E-state index in [1.54, 1.807) is 0 Å². The van der Waals surface area contributed by atoms with Crippen molar-refractivity contribution < 1.29 is 39.8 Å². The second-order valence-corrected chi connectivity index (χ2v) is 16.9. The number of allylic oxidation sites excluding steroid dienone is 2. The van der Waals surface area contributed by atoms with Crippen LogP contribution >= 0.6 is 0 Å². The van der Waals surface area contributed by atoms with Crippen LogP contribution in [-0.4, -0.2) is 87.5 Å².